The first-order valence-electron chi connectivity index (χ1n) is 12.4. The number of aryl methyl sites for hydroxylation is 2. The average molecular weight is 509 g/mol. The number of nitrogens with zero attached hydrogens (tertiary/aromatic N) is 2. The van der Waals surface area contributed by atoms with Gasteiger partial charge in [0.2, 0.25) is 11.5 Å². The predicted octanol–water partition coefficient (Wildman–Crippen LogP) is 3.76. The number of fused-ring (bicyclic) bond motifs is 2. The molecule has 0 saturated carbocycles. The van der Waals surface area contributed by atoms with Crippen LogP contribution in [-0.4, -0.2) is 53.4 Å². The average Bonchev–Trinajstić information content (AvgIpc) is 3.49. The van der Waals surface area contributed by atoms with Crippen LogP contribution >= 0.6 is 0 Å². The SMILES string of the molecule is CNC(=O)Nc1ccc2c(c1)CC[C@@]21OC(=O)N(CC(=O)N2[C@H](C)CC[C@H]2c2ccc(F)cc2C)C1=O. The monoisotopic (exact) mass is 508 g/mol. The van der Waals surface area contributed by atoms with Crippen molar-refractivity contribution in [2.45, 2.75) is 57.2 Å². The van der Waals surface area contributed by atoms with Crippen molar-refractivity contribution in [1.29, 1.82) is 0 Å². The zero-order valence-corrected chi connectivity index (χ0v) is 21.0. The van der Waals surface area contributed by atoms with Gasteiger partial charge in [-0.1, -0.05) is 12.1 Å². The number of hydrogen-bond donors (Lipinski definition) is 2. The molecule has 0 bridgehead atoms. The topological polar surface area (TPSA) is 108 Å². The molecule has 2 aliphatic heterocycles. The molecule has 3 atom stereocenters. The molecule has 5 amide bonds. The van der Waals surface area contributed by atoms with E-state index in [1.165, 1.54) is 19.2 Å². The van der Waals surface area contributed by atoms with E-state index in [4.69, 9.17) is 4.74 Å². The molecule has 0 unspecified atom stereocenters. The lowest BCUT2D eigenvalue weighted by molar-refractivity contribution is -0.143. The van der Waals surface area contributed by atoms with Crippen molar-refractivity contribution in [2.24, 2.45) is 0 Å². The van der Waals surface area contributed by atoms with Gasteiger partial charge in [-0.25, -0.2) is 18.9 Å². The standard InChI is InChI=1S/C27H29FN4O5/c1-15-12-18(28)5-7-20(15)22-9-4-16(2)32(22)23(33)14-31-24(34)27(37-26(31)36)11-10-17-13-19(6-8-21(17)27)30-25(35)29-3/h5-8,12-13,16,22H,4,9-11,14H2,1-3H3,(H2,29,30,35)/t16-,22+,27-/m1/s1. The largest absolute Gasteiger partial charge is 0.427 e. The van der Waals surface area contributed by atoms with E-state index in [1.807, 2.05) is 13.8 Å². The van der Waals surface area contributed by atoms with Gasteiger partial charge in [-0.2, -0.15) is 0 Å². The molecule has 5 rings (SSSR count). The quantitative estimate of drug-likeness (QED) is 0.654. The highest BCUT2D eigenvalue weighted by Crippen LogP contribution is 2.46. The summed E-state index contributed by atoms with van der Waals surface area (Å²) < 4.78 is 19.3. The van der Waals surface area contributed by atoms with Gasteiger partial charge >= 0.3 is 12.1 Å². The predicted molar refractivity (Wildman–Crippen MR) is 132 cm³/mol. The van der Waals surface area contributed by atoms with Crippen LogP contribution in [0, 0.1) is 12.7 Å². The van der Waals surface area contributed by atoms with E-state index in [0.717, 1.165) is 28.0 Å². The first kappa shape index (κ1) is 24.7. The fourth-order valence-electron chi connectivity index (χ4n) is 5.86. The molecule has 0 radical (unpaired) electrons. The summed E-state index contributed by atoms with van der Waals surface area (Å²) in [5.41, 5.74) is 2.06. The zero-order chi connectivity index (χ0) is 26.5. The van der Waals surface area contributed by atoms with Crippen LogP contribution in [0.4, 0.5) is 19.7 Å². The van der Waals surface area contributed by atoms with E-state index in [-0.39, 0.29) is 36.3 Å². The van der Waals surface area contributed by atoms with E-state index >= 15 is 0 Å². The molecule has 2 fully saturated rings. The number of benzene rings is 2. The number of carbonyl (C=O) groups excluding carboxylic acids is 4. The summed E-state index contributed by atoms with van der Waals surface area (Å²) in [6, 6.07) is 8.89. The van der Waals surface area contributed by atoms with Gasteiger partial charge in [0.05, 0.1) is 6.04 Å². The van der Waals surface area contributed by atoms with Crippen molar-refractivity contribution in [1.82, 2.24) is 15.1 Å². The summed E-state index contributed by atoms with van der Waals surface area (Å²) in [4.78, 5) is 54.2. The molecule has 1 aliphatic carbocycles. The van der Waals surface area contributed by atoms with Crippen molar-refractivity contribution < 1.29 is 28.3 Å². The summed E-state index contributed by atoms with van der Waals surface area (Å²) in [5, 5.41) is 5.17. The van der Waals surface area contributed by atoms with Crippen LogP contribution in [-0.2, 0) is 26.3 Å². The first-order chi connectivity index (χ1) is 17.6. The Morgan fingerprint density at radius 2 is 1.95 bits per heavy atom. The van der Waals surface area contributed by atoms with E-state index < -0.39 is 24.1 Å². The van der Waals surface area contributed by atoms with Crippen LogP contribution < -0.4 is 10.6 Å². The van der Waals surface area contributed by atoms with E-state index in [1.54, 1.807) is 29.2 Å². The van der Waals surface area contributed by atoms with Crippen LogP contribution in [0.15, 0.2) is 36.4 Å². The minimum atomic E-state index is -1.47. The number of hydrogen-bond acceptors (Lipinski definition) is 5. The molecule has 2 aromatic rings. The highest BCUT2D eigenvalue weighted by molar-refractivity contribution is 6.06. The number of anilines is 1. The molecule has 2 aromatic carbocycles. The third kappa shape index (κ3) is 4.10. The van der Waals surface area contributed by atoms with Crippen LogP contribution in [0.1, 0.15) is 54.5 Å². The third-order valence-electron chi connectivity index (χ3n) is 7.68. The fraction of sp³-hybridized carbons (Fsp3) is 0.407. The molecule has 1 spiro atoms. The number of carbonyl (C=O) groups is 4. The first-order valence-corrected chi connectivity index (χ1v) is 12.4. The van der Waals surface area contributed by atoms with Crippen molar-refractivity contribution in [3.05, 3.63) is 64.5 Å². The van der Waals surface area contributed by atoms with Gasteiger partial charge in [0.1, 0.15) is 12.4 Å². The van der Waals surface area contributed by atoms with Crippen LogP contribution in [0.5, 0.6) is 0 Å². The Bertz CT molecular complexity index is 1310. The molecule has 10 heteroatoms. The summed E-state index contributed by atoms with van der Waals surface area (Å²) in [6.07, 6.45) is 1.37. The number of imide groups is 1. The lowest BCUT2D eigenvalue weighted by atomic mass is 9.94. The van der Waals surface area contributed by atoms with Crippen molar-refractivity contribution in [3.8, 4) is 0 Å². The summed E-state index contributed by atoms with van der Waals surface area (Å²) >= 11 is 0. The molecule has 37 heavy (non-hydrogen) atoms. The zero-order valence-electron chi connectivity index (χ0n) is 21.0. The maximum absolute atomic E-state index is 13.7. The van der Waals surface area contributed by atoms with Crippen molar-refractivity contribution in [2.75, 3.05) is 18.9 Å². The van der Waals surface area contributed by atoms with Crippen LogP contribution in [0.25, 0.3) is 0 Å². The number of urea groups is 1. The van der Waals surface area contributed by atoms with Gasteiger partial charge in [-0.15, -0.1) is 0 Å². The molecule has 0 aromatic heterocycles. The molecule has 2 N–H and O–H groups in total. The second-order valence-corrected chi connectivity index (χ2v) is 9.91. The molecule has 194 valence electrons. The van der Waals surface area contributed by atoms with Gasteiger partial charge in [-0.05, 0) is 74.1 Å². The van der Waals surface area contributed by atoms with Crippen molar-refractivity contribution in [3.63, 3.8) is 0 Å². The Hall–Kier alpha value is -3.95. The lowest BCUT2D eigenvalue weighted by Gasteiger charge is -2.31. The molecule has 2 saturated heterocycles. The smallest absolute Gasteiger partial charge is 0.418 e. The third-order valence-corrected chi connectivity index (χ3v) is 7.68. The molecule has 2 heterocycles. The number of rotatable bonds is 4. The number of likely N-dealkylation sites (tertiary alicyclic amines) is 1. The number of halogens is 1. The maximum Gasteiger partial charge on any atom is 0.418 e. The van der Waals surface area contributed by atoms with Gasteiger partial charge in [0.25, 0.3) is 5.91 Å². The van der Waals surface area contributed by atoms with E-state index in [9.17, 15) is 23.6 Å². The van der Waals surface area contributed by atoms with Gasteiger partial charge in [-0.3, -0.25) is 9.59 Å². The Balaban J connectivity index is 1.36. The van der Waals surface area contributed by atoms with Crippen molar-refractivity contribution >= 4 is 29.6 Å². The Kier molecular flexibility index (Phi) is 6.13. The van der Waals surface area contributed by atoms with E-state index in [2.05, 4.69) is 10.6 Å². The summed E-state index contributed by atoms with van der Waals surface area (Å²) in [6.45, 7) is 3.31. The van der Waals surface area contributed by atoms with Gasteiger partial charge in [0.15, 0.2) is 0 Å². The second-order valence-electron chi connectivity index (χ2n) is 9.91. The summed E-state index contributed by atoms with van der Waals surface area (Å²) in [5.74, 6) is -1.25. The van der Waals surface area contributed by atoms with Gasteiger partial charge in [0, 0.05) is 30.8 Å². The molecule has 3 aliphatic rings. The van der Waals surface area contributed by atoms with Gasteiger partial charge < -0.3 is 20.3 Å². The highest BCUT2D eigenvalue weighted by atomic mass is 19.1. The highest BCUT2D eigenvalue weighted by Gasteiger charge is 2.58. The summed E-state index contributed by atoms with van der Waals surface area (Å²) in [7, 11) is 1.51. The minimum absolute atomic E-state index is 0.0944. The van der Waals surface area contributed by atoms with Crippen LogP contribution in [0.3, 0.4) is 0 Å². The maximum atomic E-state index is 13.7. The molecular weight excluding hydrogens is 479 g/mol. The normalized spacial score (nSPS) is 24.4. The molecular formula is C27H29FN4O5. The lowest BCUT2D eigenvalue weighted by Crippen LogP contribution is -2.46. The Labute approximate surface area is 213 Å². The molecule has 9 nitrogen and oxygen atoms in total. The van der Waals surface area contributed by atoms with E-state index in [0.29, 0.717) is 24.1 Å². The number of amides is 5. The Morgan fingerprint density at radius 1 is 1.16 bits per heavy atom. The second kappa shape index (κ2) is 9.17. The Morgan fingerprint density at radius 3 is 2.68 bits per heavy atom. The number of ether oxygens (including phenoxy) is 1. The fourth-order valence-corrected chi connectivity index (χ4v) is 5.86. The number of nitrogens with one attached hydrogen (secondary N) is 2. The minimum Gasteiger partial charge on any atom is -0.427 e. The van der Waals surface area contributed by atoms with Crippen LogP contribution in [0.2, 0.25) is 0 Å².